The first-order valence-corrected chi connectivity index (χ1v) is 11.1. The molecule has 0 aliphatic heterocycles. The van der Waals surface area contributed by atoms with E-state index < -0.39 is 0 Å². The summed E-state index contributed by atoms with van der Waals surface area (Å²) in [4.78, 5) is 15.0. The molecule has 0 unspecified atom stereocenters. The van der Waals surface area contributed by atoms with E-state index in [4.69, 9.17) is 11.6 Å². The number of nitrogens with zero attached hydrogens (tertiary/aromatic N) is 3. The molecular formula is C14H18ClN3OS4. The van der Waals surface area contributed by atoms with E-state index in [1.807, 2.05) is 19.2 Å². The number of hydrogen-bond donors (Lipinski definition) is 0. The van der Waals surface area contributed by atoms with Gasteiger partial charge in [0.25, 0.3) is 0 Å². The van der Waals surface area contributed by atoms with E-state index in [1.54, 1.807) is 28.0 Å². The second kappa shape index (κ2) is 9.88. The summed E-state index contributed by atoms with van der Waals surface area (Å²) >= 11 is 12.2. The molecule has 0 fully saturated rings. The Balaban J connectivity index is 1.75. The minimum atomic E-state index is 0.0786. The average molecular weight is 408 g/mol. The van der Waals surface area contributed by atoms with Gasteiger partial charge in [0.15, 0.2) is 8.68 Å². The van der Waals surface area contributed by atoms with Crippen LogP contribution < -0.4 is 0 Å². The summed E-state index contributed by atoms with van der Waals surface area (Å²) in [7, 11) is 1.81. The molecule has 0 bridgehead atoms. The van der Waals surface area contributed by atoms with Gasteiger partial charge in [-0.1, -0.05) is 59.8 Å². The highest BCUT2D eigenvalue weighted by atomic mass is 35.5. The molecule has 0 aliphatic carbocycles. The summed E-state index contributed by atoms with van der Waals surface area (Å²) in [6.45, 7) is 2.76. The lowest BCUT2D eigenvalue weighted by molar-refractivity contribution is -0.127. The summed E-state index contributed by atoms with van der Waals surface area (Å²) in [5.41, 5.74) is 0. The van der Waals surface area contributed by atoms with Gasteiger partial charge in [-0.25, -0.2) is 0 Å². The van der Waals surface area contributed by atoms with E-state index >= 15 is 0 Å². The Morgan fingerprint density at radius 3 is 2.65 bits per heavy atom. The SMILES string of the molecule is CCCCSc1nnc(SCC(=O)N(C)Cc2ccc(Cl)s2)s1. The van der Waals surface area contributed by atoms with Gasteiger partial charge in [-0.15, -0.1) is 21.5 Å². The average Bonchev–Trinajstić information content (AvgIpc) is 3.14. The van der Waals surface area contributed by atoms with E-state index in [0.717, 1.165) is 23.6 Å². The van der Waals surface area contributed by atoms with Crippen molar-refractivity contribution in [1.82, 2.24) is 15.1 Å². The van der Waals surface area contributed by atoms with E-state index in [0.29, 0.717) is 12.3 Å². The molecule has 0 N–H and O–H groups in total. The van der Waals surface area contributed by atoms with Gasteiger partial charge < -0.3 is 4.90 Å². The maximum atomic E-state index is 12.2. The topological polar surface area (TPSA) is 46.1 Å². The molecule has 4 nitrogen and oxygen atoms in total. The molecule has 0 radical (unpaired) electrons. The second-order valence-electron chi connectivity index (χ2n) is 4.78. The summed E-state index contributed by atoms with van der Waals surface area (Å²) in [5.74, 6) is 1.53. The highest BCUT2D eigenvalue weighted by Crippen LogP contribution is 2.29. The molecule has 9 heteroatoms. The van der Waals surface area contributed by atoms with Crippen molar-refractivity contribution in [2.45, 2.75) is 35.0 Å². The zero-order valence-electron chi connectivity index (χ0n) is 13.0. The Hall–Kier alpha value is -0.280. The van der Waals surface area contributed by atoms with Crippen LogP contribution in [0.2, 0.25) is 4.34 Å². The molecule has 2 aromatic rings. The van der Waals surface area contributed by atoms with Crippen molar-refractivity contribution in [3.63, 3.8) is 0 Å². The number of rotatable bonds is 9. The van der Waals surface area contributed by atoms with Crippen molar-refractivity contribution in [2.75, 3.05) is 18.6 Å². The van der Waals surface area contributed by atoms with Crippen LogP contribution in [0.4, 0.5) is 0 Å². The molecule has 126 valence electrons. The van der Waals surface area contributed by atoms with Crippen molar-refractivity contribution in [1.29, 1.82) is 0 Å². The van der Waals surface area contributed by atoms with Gasteiger partial charge in [-0.3, -0.25) is 4.79 Å². The van der Waals surface area contributed by atoms with Crippen LogP contribution in [-0.4, -0.2) is 39.6 Å². The first kappa shape index (κ1) is 19.1. The van der Waals surface area contributed by atoms with Crippen LogP contribution in [0.3, 0.4) is 0 Å². The zero-order valence-corrected chi connectivity index (χ0v) is 17.0. The molecule has 2 aromatic heterocycles. The van der Waals surface area contributed by atoms with Crippen molar-refractivity contribution >= 4 is 63.7 Å². The molecule has 0 spiro atoms. The molecule has 0 saturated heterocycles. The van der Waals surface area contributed by atoms with Crippen molar-refractivity contribution in [3.8, 4) is 0 Å². The van der Waals surface area contributed by atoms with Gasteiger partial charge in [0, 0.05) is 17.7 Å². The summed E-state index contributed by atoms with van der Waals surface area (Å²) in [6.07, 6.45) is 2.37. The molecule has 0 aromatic carbocycles. The van der Waals surface area contributed by atoms with Gasteiger partial charge in [0.05, 0.1) is 16.6 Å². The predicted octanol–water partition coefficient (Wildman–Crippen LogP) is 4.90. The fourth-order valence-electron chi connectivity index (χ4n) is 1.61. The minimum Gasteiger partial charge on any atom is -0.340 e. The molecule has 23 heavy (non-hydrogen) atoms. The van der Waals surface area contributed by atoms with E-state index in [1.165, 1.54) is 35.9 Å². The third kappa shape index (κ3) is 6.62. The Labute approximate surface area is 158 Å². The monoisotopic (exact) mass is 407 g/mol. The maximum Gasteiger partial charge on any atom is 0.233 e. The lowest BCUT2D eigenvalue weighted by atomic mass is 10.4. The number of unbranched alkanes of at least 4 members (excludes halogenated alkanes) is 1. The van der Waals surface area contributed by atoms with Crippen LogP contribution in [-0.2, 0) is 11.3 Å². The van der Waals surface area contributed by atoms with Crippen molar-refractivity contribution < 1.29 is 4.79 Å². The van der Waals surface area contributed by atoms with Crippen LogP contribution in [0.25, 0.3) is 0 Å². The number of hydrogen-bond acceptors (Lipinski definition) is 7. The molecule has 0 saturated carbocycles. The zero-order chi connectivity index (χ0) is 16.7. The Kier molecular flexibility index (Phi) is 8.18. The van der Waals surface area contributed by atoms with E-state index in [9.17, 15) is 4.79 Å². The fourth-order valence-corrected chi connectivity index (χ4v) is 5.87. The molecule has 2 rings (SSSR count). The minimum absolute atomic E-state index is 0.0786. The summed E-state index contributed by atoms with van der Waals surface area (Å²) < 4.78 is 2.58. The van der Waals surface area contributed by atoms with E-state index in [2.05, 4.69) is 17.1 Å². The van der Waals surface area contributed by atoms with Gasteiger partial charge >= 0.3 is 0 Å². The van der Waals surface area contributed by atoms with Crippen molar-refractivity contribution in [3.05, 3.63) is 21.3 Å². The number of halogens is 1. The Bertz CT molecular complexity index is 631. The second-order valence-corrected chi connectivity index (χ2v) is 10.1. The molecule has 2 heterocycles. The van der Waals surface area contributed by atoms with Gasteiger partial charge in [0.2, 0.25) is 5.91 Å². The Morgan fingerprint density at radius 1 is 1.26 bits per heavy atom. The molecule has 0 atom stereocenters. The van der Waals surface area contributed by atoms with E-state index in [-0.39, 0.29) is 5.91 Å². The fraction of sp³-hybridized carbons (Fsp3) is 0.500. The number of thiophene rings is 1. The largest absolute Gasteiger partial charge is 0.340 e. The molecule has 1 amide bonds. The summed E-state index contributed by atoms with van der Waals surface area (Å²) in [6, 6.07) is 3.81. The first-order valence-electron chi connectivity index (χ1n) is 7.15. The maximum absolute atomic E-state index is 12.2. The van der Waals surface area contributed by atoms with Crippen LogP contribution in [0.15, 0.2) is 20.8 Å². The van der Waals surface area contributed by atoms with Crippen molar-refractivity contribution in [2.24, 2.45) is 0 Å². The first-order chi connectivity index (χ1) is 11.1. The lowest BCUT2D eigenvalue weighted by Crippen LogP contribution is -2.27. The smallest absolute Gasteiger partial charge is 0.233 e. The summed E-state index contributed by atoms with van der Waals surface area (Å²) in [5, 5.41) is 8.29. The lowest BCUT2D eigenvalue weighted by Gasteiger charge is -2.15. The Morgan fingerprint density at radius 2 is 2.00 bits per heavy atom. The number of thioether (sulfide) groups is 2. The van der Waals surface area contributed by atoms with Gasteiger partial charge in [-0.05, 0) is 18.6 Å². The van der Waals surface area contributed by atoms with Gasteiger partial charge in [-0.2, -0.15) is 0 Å². The highest BCUT2D eigenvalue weighted by molar-refractivity contribution is 8.03. The predicted molar refractivity (Wildman–Crippen MR) is 102 cm³/mol. The number of aromatic nitrogens is 2. The molecule has 0 aliphatic rings. The third-order valence-electron chi connectivity index (χ3n) is 2.88. The van der Waals surface area contributed by atoms with Crippen LogP contribution >= 0.6 is 57.8 Å². The quantitative estimate of drug-likeness (QED) is 0.437. The van der Waals surface area contributed by atoms with Gasteiger partial charge in [0.1, 0.15) is 0 Å². The van der Waals surface area contributed by atoms with Crippen LogP contribution in [0.1, 0.15) is 24.6 Å². The van der Waals surface area contributed by atoms with Crippen LogP contribution in [0, 0.1) is 0 Å². The standard InChI is InChI=1S/C14H18ClN3OS4/c1-3-4-7-20-13-16-17-14(23-13)21-9-12(19)18(2)8-10-5-6-11(15)22-10/h5-6H,3-4,7-9H2,1-2H3. The normalized spacial score (nSPS) is 10.9. The third-order valence-corrected chi connectivity index (χ3v) is 7.35. The highest BCUT2D eigenvalue weighted by Gasteiger charge is 2.13. The van der Waals surface area contributed by atoms with Crippen LogP contribution in [0.5, 0.6) is 0 Å². The molecular weight excluding hydrogens is 390 g/mol. The number of carbonyl (C=O) groups is 1. The number of amides is 1. The number of carbonyl (C=O) groups excluding carboxylic acids is 1.